The maximum absolute atomic E-state index is 10.8. The van der Waals surface area contributed by atoms with E-state index in [9.17, 15) is 35.1 Å². The van der Waals surface area contributed by atoms with Gasteiger partial charge in [0.15, 0.2) is 37.9 Å². The van der Waals surface area contributed by atoms with E-state index in [2.05, 4.69) is 58.2 Å². The van der Waals surface area contributed by atoms with Crippen molar-refractivity contribution in [2.75, 3.05) is 0 Å². The first kappa shape index (κ1) is 30.9. The Morgan fingerprint density at radius 1 is 0.658 bits per heavy atom. The maximum Gasteiger partial charge on any atom is 0.173 e. The summed E-state index contributed by atoms with van der Waals surface area (Å²) in [5.41, 5.74) is 5.42. The van der Waals surface area contributed by atoms with E-state index in [-0.39, 0.29) is 17.0 Å². The van der Waals surface area contributed by atoms with E-state index in [1.165, 1.54) is 16.7 Å². The molecule has 0 radical (unpaired) electrons. The van der Waals surface area contributed by atoms with Crippen molar-refractivity contribution in [2.45, 2.75) is 19.5 Å². The third kappa shape index (κ3) is 12.3. The smallest absolute Gasteiger partial charge is 0.173 e. The van der Waals surface area contributed by atoms with Gasteiger partial charge < -0.3 is 22.1 Å². The average Bonchev–Trinajstić information content (AvgIpc) is 2.83. The fraction of sp³-hybridized carbons (Fsp3) is 0.115. The number of rotatable bonds is 7. The second kappa shape index (κ2) is 11.6. The third-order valence-corrected chi connectivity index (χ3v) is 5.19. The number of hydrogen-bond acceptors (Lipinski definition) is 2. The van der Waals surface area contributed by atoms with Crippen molar-refractivity contribution >= 4 is 14.1 Å². The van der Waals surface area contributed by atoms with Gasteiger partial charge in [-0.1, -0.05) is 36.4 Å². The molecule has 0 spiro atoms. The van der Waals surface area contributed by atoms with Crippen LogP contribution in [0.3, 0.4) is 0 Å². The molecule has 0 atom stereocenters. The van der Waals surface area contributed by atoms with Crippen LogP contribution < -0.4 is 26.1 Å². The zero-order valence-corrected chi connectivity index (χ0v) is 22.3. The molecule has 4 rings (SSSR count). The van der Waals surface area contributed by atoms with Crippen LogP contribution >= 0.6 is 7.81 Å². The molecule has 12 heteroatoms. The second-order valence-electron chi connectivity index (χ2n) is 8.32. The van der Waals surface area contributed by atoms with Crippen LogP contribution in [0.4, 0.5) is 25.2 Å². The van der Waals surface area contributed by atoms with Gasteiger partial charge in [0.05, 0.1) is 0 Å². The summed E-state index contributed by atoms with van der Waals surface area (Å²) in [6.07, 6.45) is 10.1. The molecule has 0 aliphatic carbocycles. The first-order chi connectivity index (χ1) is 17.1. The van der Waals surface area contributed by atoms with E-state index in [4.69, 9.17) is 0 Å². The van der Waals surface area contributed by atoms with Gasteiger partial charge in [0, 0.05) is 41.8 Å². The number of aromatic nitrogens is 2. The van der Waals surface area contributed by atoms with Crippen LogP contribution in [0.2, 0.25) is 0 Å². The summed E-state index contributed by atoms with van der Waals surface area (Å²) >= 11 is 0. The first-order valence-electron chi connectivity index (χ1n) is 11.0. The van der Waals surface area contributed by atoms with Crippen LogP contribution in [0.15, 0.2) is 97.6 Å². The largest absolute Gasteiger partial charge is 1.00 e. The van der Waals surface area contributed by atoms with Crippen LogP contribution in [0.25, 0.3) is 11.1 Å². The zero-order valence-electron chi connectivity index (χ0n) is 19.8. The normalized spacial score (nSPS) is 12.7. The van der Waals surface area contributed by atoms with Gasteiger partial charge in [0.1, 0.15) is 12.0 Å². The molecule has 204 valence electrons. The quantitative estimate of drug-likeness (QED) is 0.146. The van der Waals surface area contributed by atoms with E-state index < -0.39 is 7.81 Å². The Labute approximate surface area is 225 Å². The van der Waals surface area contributed by atoms with Crippen molar-refractivity contribution < 1.29 is 61.2 Å². The SMILES string of the molecule is F[P-](F)(F)(F)(F)F.O=Cc1ccc(C[n+]2ccc(-c3cc[n+](CCc4ccc(O)cc4)cc3)cc2)cc1.[Br-]. The minimum Gasteiger partial charge on any atom is -1.00 e. The van der Waals surface area contributed by atoms with Crippen LogP contribution in [-0.4, -0.2) is 11.4 Å². The molecular formula is C26H24BrF6N2O2P. The summed E-state index contributed by atoms with van der Waals surface area (Å²) in [6.45, 7) is 1.66. The Balaban J connectivity index is 0.000000561. The van der Waals surface area contributed by atoms with E-state index in [0.29, 0.717) is 11.3 Å². The van der Waals surface area contributed by atoms with Crippen molar-refractivity contribution in [3.63, 3.8) is 0 Å². The third-order valence-electron chi connectivity index (χ3n) is 5.19. The number of benzene rings is 2. The van der Waals surface area contributed by atoms with Crippen LogP contribution in [0, 0.1) is 0 Å². The number of pyridine rings is 2. The summed E-state index contributed by atoms with van der Waals surface area (Å²) in [5.74, 6) is 0.302. The number of phenols is 1. The molecule has 0 aliphatic heterocycles. The molecule has 0 amide bonds. The van der Waals surface area contributed by atoms with Crippen LogP contribution in [0.1, 0.15) is 21.5 Å². The Morgan fingerprint density at radius 2 is 1.08 bits per heavy atom. The molecular weight excluding hydrogens is 597 g/mol. The predicted molar refractivity (Wildman–Crippen MR) is 129 cm³/mol. The fourth-order valence-electron chi connectivity index (χ4n) is 3.39. The van der Waals surface area contributed by atoms with Gasteiger partial charge in [-0.05, 0) is 28.8 Å². The molecule has 4 nitrogen and oxygen atoms in total. The molecule has 0 saturated carbocycles. The number of phenolic OH excluding ortho intramolecular Hbond substituents is 1. The van der Waals surface area contributed by atoms with E-state index >= 15 is 0 Å². The number of carbonyl (C=O) groups excluding carboxylic acids is 1. The molecule has 1 N–H and O–H groups in total. The van der Waals surface area contributed by atoms with Crippen molar-refractivity contribution in [1.29, 1.82) is 0 Å². The molecule has 38 heavy (non-hydrogen) atoms. The number of aldehydes is 1. The summed E-state index contributed by atoms with van der Waals surface area (Å²) in [7, 11) is -10.7. The maximum atomic E-state index is 10.8. The van der Waals surface area contributed by atoms with Crippen molar-refractivity contribution in [3.8, 4) is 16.9 Å². The number of hydrogen-bond donors (Lipinski definition) is 1. The Kier molecular flexibility index (Phi) is 9.45. The molecule has 0 fully saturated rings. The van der Waals surface area contributed by atoms with Crippen molar-refractivity contribution in [2.24, 2.45) is 0 Å². The first-order valence-corrected chi connectivity index (χ1v) is 13.0. The van der Waals surface area contributed by atoms with Gasteiger partial charge in [0.25, 0.3) is 0 Å². The van der Waals surface area contributed by atoms with Gasteiger partial charge in [0.2, 0.25) is 0 Å². The zero-order chi connectivity index (χ0) is 27.2. The molecule has 0 aliphatic rings. The molecule has 2 heterocycles. The van der Waals surface area contributed by atoms with Crippen LogP contribution in [0.5, 0.6) is 5.75 Å². The summed E-state index contributed by atoms with van der Waals surface area (Å²) in [6, 6.07) is 23.5. The molecule has 0 unspecified atom stereocenters. The number of halogens is 7. The minimum atomic E-state index is -10.7. The molecule has 0 saturated heterocycles. The van der Waals surface area contributed by atoms with Gasteiger partial charge in [-0.3, -0.25) is 4.79 Å². The summed E-state index contributed by atoms with van der Waals surface area (Å²) in [4.78, 5) is 10.8. The number of aryl methyl sites for hydroxylation is 2. The summed E-state index contributed by atoms with van der Waals surface area (Å²) in [5, 5.41) is 9.37. The Bertz CT molecular complexity index is 1320. The Hall–Kier alpha value is -3.30. The predicted octanol–water partition coefficient (Wildman–Crippen LogP) is 4.12. The number of nitrogens with zero attached hydrogens (tertiary/aromatic N) is 2. The minimum absolute atomic E-state index is 0. The summed E-state index contributed by atoms with van der Waals surface area (Å²) < 4.78 is 63.5. The second-order valence-corrected chi connectivity index (χ2v) is 10.2. The van der Waals surface area contributed by atoms with Gasteiger partial charge in [-0.25, -0.2) is 9.13 Å². The van der Waals surface area contributed by atoms with E-state index in [1.54, 1.807) is 12.1 Å². The number of aromatic hydroxyl groups is 1. The number of carbonyl (C=O) groups is 1. The van der Waals surface area contributed by atoms with E-state index in [0.717, 1.165) is 31.4 Å². The van der Waals surface area contributed by atoms with Gasteiger partial charge in [-0.15, -0.1) is 0 Å². The van der Waals surface area contributed by atoms with Crippen molar-refractivity contribution in [1.82, 2.24) is 0 Å². The topological polar surface area (TPSA) is 45.1 Å². The van der Waals surface area contributed by atoms with Gasteiger partial charge in [-0.2, -0.15) is 0 Å². The van der Waals surface area contributed by atoms with E-state index in [1.807, 2.05) is 36.4 Å². The molecule has 2 aromatic heterocycles. The molecule has 4 aromatic rings. The Morgan fingerprint density at radius 3 is 1.53 bits per heavy atom. The molecule has 0 bridgehead atoms. The molecule has 2 aromatic carbocycles. The standard InChI is InChI=1S/C26H23N2O2.BrH.F6P/c29-20-23-3-1-22(2-4-23)19-28-17-12-25(13-18-28)24-10-15-27(16-11-24)14-9-21-5-7-26(30)8-6-21;;1-7(2,3,4,5)6/h1-8,10-13,15-18,20H,9,14,19H2;1H;/q+1;;-1. The monoisotopic (exact) mass is 620 g/mol. The van der Waals surface area contributed by atoms with Gasteiger partial charge >= 0.3 is 33.0 Å². The van der Waals surface area contributed by atoms with Crippen LogP contribution in [-0.2, 0) is 19.5 Å². The van der Waals surface area contributed by atoms with Crippen molar-refractivity contribution in [3.05, 3.63) is 114 Å². The average molecular weight is 621 g/mol. The fourth-order valence-corrected chi connectivity index (χ4v) is 3.39.